The van der Waals surface area contributed by atoms with Crippen molar-refractivity contribution in [2.45, 2.75) is 74.0 Å². The molecule has 0 radical (unpaired) electrons. The Labute approximate surface area is 200 Å². The van der Waals surface area contributed by atoms with Crippen LogP contribution in [0.15, 0.2) is 42.5 Å². The fourth-order valence-electron chi connectivity index (χ4n) is 7.96. The summed E-state index contributed by atoms with van der Waals surface area (Å²) < 4.78 is 6.64. The zero-order chi connectivity index (χ0) is 23.2. The van der Waals surface area contributed by atoms with Crippen LogP contribution in [0, 0.1) is 5.92 Å². The number of piperidine rings is 1. The number of rotatable bonds is 5. The molecule has 6 atom stereocenters. The van der Waals surface area contributed by atoms with E-state index in [4.69, 9.17) is 4.74 Å². The van der Waals surface area contributed by atoms with E-state index in [9.17, 15) is 15.3 Å². The molecular weight excluding hydrogens is 428 g/mol. The van der Waals surface area contributed by atoms with Gasteiger partial charge in [0.15, 0.2) is 11.5 Å². The lowest BCUT2D eigenvalue weighted by Crippen LogP contribution is -2.78. The topological polar surface area (TPSA) is 76.4 Å². The number of phenolic OH excluding ortho intramolecular Hbond substituents is 1. The summed E-state index contributed by atoms with van der Waals surface area (Å²) in [5.41, 5.74) is 1.25. The highest BCUT2D eigenvalue weighted by molar-refractivity contribution is 5.63. The minimum absolute atomic E-state index is 0.103. The molecule has 2 aromatic carbocycles. The van der Waals surface area contributed by atoms with Gasteiger partial charge in [-0.25, -0.2) is 0 Å². The molecule has 3 N–H and O–H groups in total. The van der Waals surface area contributed by atoms with Crippen LogP contribution >= 0.6 is 0 Å². The number of aliphatic hydroxyl groups excluding tert-OH is 1. The maximum atomic E-state index is 12.6. The van der Waals surface area contributed by atoms with E-state index in [1.54, 1.807) is 6.07 Å². The van der Waals surface area contributed by atoms with Crippen LogP contribution in [0.1, 0.15) is 54.9 Å². The Hall–Kier alpha value is -2.12. The molecule has 1 spiro atoms. The van der Waals surface area contributed by atoms with Crippen LogP contribution in [0.4, 0.5) is 0 Å². The summed E-state index contributed by atoms with van der Waals surface area (Å²) in [6.45, 7) is 2.59. The number of likely N-dealkylation sites (N-methyl/N-ethyl adjacent to an activating group) is 1. The zero-order valence-corrected chi connectivity index (χ0v) is 19.7. The van der Waals surface area contributed by atoms with Gasteiger partial charge < -0.3 is 20.1 Å². The molecule has 34 heavy (non-hydrogen) atoms. The number of aliphatic hydroxyl groups is 2. The van der Waals surface area contributed by atoms with Gasteiger partial charge in [-0.1, -0.05) is 36.4 Å². The molecular formula is C28H34N2O4. The molecule has 3 aliphatic carbocycles. The van der Waals surface area contributed by atoms with Crippen molar-refractivity contribution in [1.29, 1.82) is 0 Å². The van der Waals surface area contributed by atoms with Crippen molar-refractivity contribution in [3.05, 3.63) is 59.2 Å². The summed E-state index contributed by atoms with van der Waals surface area (Å²) in [7, 11) is 2.14. The summed E-state index contributed by atoms with van der Waals surface area (Å²) in [4.78, 5) is 4.72. The Bertz CT molecular complexity index is 1120. The molecule has 6 heteroatoms. The van der Waals surface area contributed by atoms with Crippen molar-refractivity contribution in [2.75, 3.05) is 20.1 Å². The van der Waals surface area contributed by atoms with E-state index >= 15 is 0 Å². The first-order chi connectivity index (χ1) is 16.4. The van der Waals surface area contributed by atoms with Gasteiger partial charge in [0.2, 0.25) is 0 Å². The Morgan fingerprint density at radius 2 is 1.88 bits per heavy atom. The van der Waals surface area contributed by atoms with Crippen molar-refractivity contribution in [2.24, 2.45) is 5.92 Å². The predicted molar refractivity (Wildman–Crippen MR) is 128 cm³/mol. The molecule has 2 bridgehead atoms. The highest BCUT2D eigenvalue weighted by atomic mass is 16.5. The second-order valence-corrected chi connectivity index (χ2v) is 11.4. The molecule has 2 aliphatic heterocycles. The van der Waals surface area contributed by atoms with Gasteiger partial charge in [0.05, 0.1) is 23.2 Å². The van der Waals surface area contributed by atoms with Gasteiger partial charge in [-0.05, 0) is 68.8 Å². The minimum atomic E-state index is -1.08. The Kier molecular flexibility index (Phi) is 4.49. The summed E-state index contributed by atoms with van der Waals surface area (Å²) in [6.07, 6.45) is 3.63. The van der Waals surface area contributed by atoms with Crippen molar-refractivity contribution in [1.82, 2.24) is 9.80 Å². The lowest BCUT2D eigenvalue weighted by atomic mass is 9.47. The summed E-state index contributed by atoms with van der Waals surface area (Å²) >= 11 is 0. The molecule has 7 rings (SSSR count). The number of likely N-dealkylation sites (tertiary alicyclic amines) is 1. The fourth-order valence-corrected chi connectivity index (χ4v) is 7.96. The molecule has 6 nitrogen and oxygen atoms in total. The van der Waals surface area contributed by atoms with E-state index in [1.165, 1.54) is 18.4 Å². The van der Waals surface area contributed by atoms with Gasteiger partial charge in [0.25, 0.3) is 0 Å². The fraction of sp³-hybridized carbons (Fsp3) is 0.571. The molecule has 180 valence electrons. The van der Waals surface area contributed by atoms with Gasteiger partial charge >= 0.3 is 0 Å². The minimum Gasteiger partial charge on any atom is -0.504 e. The van der Waals surface area contributed by atoms with E-state index < -0.39 is 17.1 Å². The molecule has 0 aromatic heterocycles. The third-order valence-corrected chi connectivity index (χ3v) is 9.61. The molecule has 0 amide bonds. The van der Waals surface area contributed by atoms with Gasteiger partial charge in [0, 0.05) is 24.7 Å². The Balaban J connectivity index is 1.34. The van der Waals surface area contributed by atoms with Crippen LogP contribution in [0.3, 0.4) is 0 Å². The van der Waals surface area contributed by atoms with Crippen LogP contribution in [-0.4, -0.2) is 69.0 Å². The number of hydrogen-bond donors (Lipinski definition) is 3. The maximum absolute atomic E-state index is 12.6. The van der Waals surface area contributed by atoms with Crippen molar-refractivity contribution < 1.29 is 20.1 Å². The smallest absolute Gasteiger partial charge is 0.165 e. The van der Waals surface area contributed by atoms with Crippen LogP contribution in [-0.2, 0) is 12.0 Å². The van der Waals surface area contributed by atoms with Gasteiger partial charge in [0.1, 0.15) is 6.10 Å². The molecule has 2 saturated carbocycles. The third-order valence-electron chi connectivity index (χ3n) is 9.61. The number of benzene rings is 2. The SMILES string of the molecule is CN(Cc1ccccc1)C1CCC2(O)C3C(O)c4ccc(O)c5c4C2(CCN3CC2CC2)C1O5. The van der Waals surface area contributed by atoms with Crippen LogP contribution in [0.2, 0.25) is 0 Å². The lowest BCUT2D eigenvalue weighted by molar-refractivity contribution is -0.223. The zero-order valence-electron chi connectivity index (χ0n) is 19.7. The highest BCUT2D eigenvalue weighted by Crippen LogP contribution is 2.67. The van der Waals surface area contributed by atoms with Crippen molar-refractivity contribution in [3.8, 4) is 11.5 Å². The molecule has 2 heterocycles. The Morgan fingerprint density at radius 3 is 2.65 bits per heavy atom. The summed E-state index contributed by atoms with van der Waals surface area (Å²) in [5.74, 6) is 1.28. The number of hydrogen-bond acceptors (Lipinski definition) is 6. The van der Waals surface area contributed by atoms with E-state index in [-0.39, 0.29) is 23.9 Å². The summed E-state index contributed by atoms with van der Waals surface area (Å²) in [5, 5.41) is 35.0. The van der Waals surface area contributed by atoms with Crippen molar-refractivity contribution in [3.63, 3.8) is 0 Å². The third kappa shape index (κ3) is 2.66. The van der Waals surface area contributed by atoms with Crippen LogP contribution < -0.4 is 4.74 Å². The number of nitrogens with zero attached hydrogens (tertiary/aromatic N) is 2. The van der Waals surface area contributed by atoms with E-state index in [0.29, 0.717) is 18.1 Å². The molecule has 3 fully saturated rings. The average Bonchev–Trinajstić information content (AvgIpc) is 3.57. The second kappa shape index (κ2) is 7.20. The van der Waals surface area contributed by atoms with Crippen LogP contribution in [0.5, 0.6) is 11.5 Å². The quantitative estimate of drug-likeness (QED) is 0.634. The predicted octanol–water partition coefficient (Wildman–Crippen LogP) is 2.95. The molecule has 5 aliphatic rings. The first-order valence-electron chi connectivity index (χ1n) is 12.9. The van der Waals surface area contributed by atoms with E-state index in [2.05, 4.69) is 41.1 Å². The van der Waals surface area contributed by atoms with Gasteiger partial charge in [-0.15, -0.1) is 0 Å². The van der Waals surface area contributed by atoms with Gasteiger partial charge in [-0.2, -0.15) is 0 Å². The molecule has 2 aromatic rings. The van der Waals surface area contributed by atoms with E-state index in [0.717, 1.165) is 43.6 Å². The Morgan fingerprint density at radius 1 is 1.09 bits per heavy atom. The van der Waals surface area contributed by atoms with Crippen LogP contribution in [0.25, 0.3) is 0 Å². The highest BCUT2D eigenvalue weighted by Gasteiger charge is 2.75. The second-order valence-electron chi connectivity index (χ2n) is 11.4. The maximum Gasteiger partial charge on any atom is 0.165 e. The first kappa shape index (κ1) is 21.2. The summed E-state index contributed by atoms with van der Waals surface area (Å²) in [6, 6.07) is 13.7. The lowest BCUT2D eigenvalue weighted by Gasteiger charge is -2.65. The average molecular weight is 463 g/mol. The number of phenols is 1. The molecule has 1 saturated heterocycles. The van der Waals surface area contributed by atoms with E-state index in [1.807, 2.05) is 12.1 Å². The normalized spacial score (nSPS) is 38.0. The molecule has 6 unspecified atom stereocenters. The first-order valence-corrected chi connectivity index (χ1v) is 12.9. The van der Waals surface area contributed by atoms with Gasteiger partial charge in [-0.3, -0.25) is 9.80 Å². The monoisotopic (exact) mass is 462 g/mol. The standard InChI is InChI=1S/C28H34N2O4/c1-29(15-17-5-3-2-4-6-17)20-11-12-28(33)25-23(32)19-9-10-21(31)24-22(19)27(28,26(20)34-24)13-14-30(25)16-18-7-8-18/h2-6,9-10,18,20,23,25-26,31-33H,7-8,11-16H2,1H3. The number of ether oxygens (including phenoxy) is 1. The number of aromatic hydroxyl groups is 1. The largest absolute Gasteiger partial charge is 0.504 e. The van der Waals surface area contributed by atoms with Crippen molar-refractivity contribution >= 4 is 0 Å².